The van der Waals surface area contributed by atoms with Crippen LogP contribution in [0.3, 0.4) is 0 Å². The Hall–Kier alpha value is -0.160. The highest BCUT2D eigenvalue weighted by Gasteiger charge is 2.40. The average molecular weight is 297 g/mol. The number of hydrogen-bond acceptors (Lipinski definition) is 4. The predicted octanol–water partition coefficient (Wildman–Crippen LogP) is 2.25. The molecular weight excluding hydrogens is 266 g/mol. The van der Waals surface area contributed by atoms with Crippen LogP contribution in [0.4, 0.5) is 0 Å². The number of nitrogens with one attached hydrogen (secondary N) is 1. The molecule has 1 aliphatic carbocycles. The van der Waals surface area contributed by atoms with Gasteiger partial charge < -0.3 is 19.9 Å². The van der Waals surface area contributed by atoms with Gasteiger partial charge in [-0.3, -0.25) is 0 Å². The Morgan fingerprint density at radius 3 is 2.48 bits per heavy atom. The normalized spacial score (nSPS) is 40.3. The lowest BCUT2D eigenvalue weighted by molar-refractivity contribution is -0.141. The van der Waals surface area contributed by atoms with Crippen LogP contribution in [-0.4, -0.2) is 48.7 Å². The van der Waals surface area contributed by atoms with Crippen molar-refractivity contribution in [3.05, 3.63) is 0 Å². The number of ether oxygens (including phenoxy) is 2. The van der Waals surface area contributed by atoms with Gasteiger partial charge in [0.1, 0.15) is 0 Å². The predicted molar refractivity (Wildman–Crippen MR) is 82.3 cm³/mol. The van der Waals surface area contributed by atoms with E-state index in [9.17, 15) is 5.11 Å². The Kier molecular flexibility index (Phi) is 4.89. The highest BCUT2D eigenvalue weighted by Crippen LogP contribution is 2.35. The van der Waals surface area contributed by atoms with Gasteiger partial charge in [0.2, 0.25) is 0 Å². The summed E-state index contributed by atoms with van der Waals surface area (Å²) in [6.07, 6.45) is 8.39. The van der Waals surface area contributed by atoms with Crippen molar-refractivity contribution in [2.75, 3.05) is 26.4 Å². The van der Waals surface area contributed by atoms with Crippen LogP contribution < -0.4 is 5.32 Å². The Morgan fingerprint density at radius 2 is 1.76 bits per heavy atom. The maximum absolute atomic E-state index is 10.7. The van der Waals surface area contributed by atoms with Crippen molar-refractivity contribution < 1.29 is 14.6 Å². The topological polar surface area (TPSA) is 50.7 Å². The van der Waals surface area contributed by atoms with E-state index in [1.807, 2.05) is 0 Å². The van der Waals surface area contributed by atoms with E-state index >= 15 is 0 Å². The lowest BCUT2D eigenvalue weighted by Gasteiger charge is -2.44. The van der Waals surface area contributed by atoms with Crippen molar-refractivity contribution in [1.82, 2.24) is 5.32 Å². The third-order valence-corrected chi connectivity index (χ3v) is 5.82. The van der Waals surface area contributed by atoms with Gasteiger partial charge in [0.25, 0.3) is 0 Å². The molecule has 0 radical (unpaired) electrons. The molecule has 1 unspecified atom stereocenters. The number of aliphatic hydroxyl groups is 1. The summed E-state index contributed by atoms with van der Waals surface area (Å²) in [6, 6.07) is 0.486. The van der Waals surface area contributed by atoms with Gasteiger partial charge in [-0.1, -0.05) is 6.92 Å². The maximum atomic E-state index is 10.7. The minimum atomic E-state index is -0.479. The van der Waals surface area contributed by atoms with E-state index < -0.39 is 5.60 Å². The van der Waals surface area contributed by atoms with E-state index in [2.05, 4.69) is 12.2 Å². The van der Waals surface area contributed by atoms with E-state index in [4.69, 9.17) is 9.47 Å². The largest absolute Gasteiger partial charge is 0.389 e. The molecule has 1 saturated carbocycles. The zero-order valence-electron chi connectivity index (χ0n) is 13.4. The van der Waals surface area contributed by atoms with E-state index in [-0.39, 0.29) is 5.60 Å². The van der Waals surface area contributed by atoms with Crippen molar-refractivity contribution >= 4 is 0 Å². The summed E-state index contributed by atoms with van der Waals surface area (Å²) in [5.74, 6) is 0.777. The van der Waals surface area contributed by atoms with E-state index in [0.29, 0.717) is 6.04 Å². The van der Waals surface area contributed by atoms with Crippen molar-refractivity contribution in [1.29, 1.82) is 0 Å². The molecule has 2 N–H and O–H groups in total. The summed E-state index contributed by atoms with van der Waals surface area (Å²) in [6.45, 7) is 5.54. The van der Waals surface area contributed by atoms with Gasteiger partial charge in [0, 0.05) is 32.4 Å². The first kappa shape index (κ1) is 15.7. The minimum Gasteiger partial charge on any atom is -0.389 e. The van der Waals surface area contributed by atoms with Crippen molar-refractivity contribution in [3.63, 3.8) is 0 Å². The molecule has 0 aromatic heterocycles. The molecule has 1 spiro atoms. The molecule has 0 amide bonds. The SMILES string of the molecule is CC1CCC(O)(CNC2CCOC3(CCOCC3)C2)CC1. The van der Waals surface area contributed by atoms with Crippen LogP contribution in [-0.2, 0) is 9.47 Å². The molecule has 0 aromatic carbocycles. The fourth-order valence-electron chi connectivity index (χ4n) is 4.10. The molecule has 4 heteroatoms. The molecule has 2 saturated heterocycles. The Morgan fingerprint density at radius 1 is 1.05 bits per heavy atom. The van der Waals surface area contributed by atoms with Gasteiger partial charge in [0.05, 0.1) is 11.2 Å². The zero-order chi connectivity index (χ0) is 14.8. The van der Waals surface area contributed by atoms with Gasteiger partial charge in [-0.2, -0.15) is 0 Å². The smallest absolute Gasteiger partial charge is 0.0771 e. The molecular formula is C17H31NO3. The van der Waals surface area contributed by atoms with Gasteiger partial charge in [-0.15, -0.1) is 0 Å². The molecule has 4 nitrogen and oxygen atoms in total. The highest BCUT2D eigenvalue weighted by molar-refractivity contribution is 4.94. The zero-order valence-corrected chi connectivity index (χ0v) is 13.4. The molecule has 1 atom stereocenters. The molecule has 3 fully saturated rings. The van der Waals surface area contributed by atoms with Crippen molar-refractivity contribution in [3.8, 4) is 0 Å². The van der Waals surface area contributed by atoms with Crippen molar-refractivity contribution in [2.45, 2.75) is 75.5 Å². The molecule has 2 aliphatic heterocycles. The van der Waals surface area contributed by atoms with Crippen LogP contribution in [0.1, 0.15) is 58.3 Å². The third-order valence-electron chi connectivity index (χ3n) is 5.82. The van der Waals surface area contributed by atoms with Crippen molar-refractivity contribution in [2.24, 2.45) is 5.92 Å². The van der Waals surface area contributed by atoms with E-state index in [1.165, 1.54) is 0 Å². The number of rotatable bonds is 3. The van der Waals surface area contributed by atoms with E-state index in [0.717, 1.165) is 83.6 Å². The molecule has 21 heavy (non-hydrogen) atoms. The molecule has 3 aliphatic rings. The van der Waals surface area contributed by atoms with E-state index in [1.54, 1.807) is 0 Å². The summed E-state index contributed by atoms with van der Waals surface area (Å²) < 4.78 is 11.6. The monoisotopic (exact) mass is 297 g/mol. The second-order valence-electron chi connectivity index (χ2n) is 7.62. The Labute approximate surface area is 128 Å². The Bertz CT molecular complexity index is 327. The summed E-state index contributed by atoms with van der Waals surface area (Å²) in [7, 11) is 0. The first-order chi connectivity index (χ1) is 10.1. The molecule has 122 valence electrons. The highest BCUT2D eigenvalue weighted by atomic mass is 16.5. The first-order valence-corrected chi connectivity index (χ1v) is 8.77. The van der Waals surface area contributed by atoms with Crippen LogP contribution in [0.5, 0.6) is 0 Å². The lowest BCUT2D eigenvalue weighted by atomic mass is 9.79. The fourth-order valence-corrected chi connectivity index (χ4v) is 4.10. The Balaban J connectivity index is 1.48. The van der Waals surface area contributed by atoms with Gasteiger partial charge in [0.15, 0.2) is 0 Å². The van der Waals surface area contributed by atoms with Gasteiger partial charge in [-0.05, 0) is 57.3 Å². The maximum Gasteiger partial charge on any atom is 0.0771 e. The average Bonchev–Trinajstić information content (AvgIpc) is 2.50. The first-order valence-electron chi connectivity index (χ1n) is 8.77. The molecule has 2 heterocycles. The third kappa shape index (κ3) is 3.98. The summed E-state index contributed by atoms with van der Waals surface area (Å²) in [5, 5.41) is 14.4. The quantitative estimate of drug-likeness (QED) is 0.839. The standard InChI is InChI=1S/C17H31NO3/c1-14-2-5-16(19,6-3-14)13-18-15-4-9-21-17(12-15)7-10-20-11-8-17/h14-15,18-19H,2-13H2,1H3. The second kappa shape index (κ2) is 6.53. The second-order valence-corrected chi connectivity index (χ2v) is 7.62. The van der Waals surface area contributed by atoms with Gasteiger partial charge in [-0.25, -0.2) is 0 Å². The lowest BCUT2D eigenvalue weighted by Crippen LogP contribution is -2.53. The molecule has 0 bridgehead atoms. The van der Waals surface area contributed by atoms with Crippen LogP contribution in [0, 0.1) is 5.92 Å². The van der Waals surface area contributed by atoms with Crippen LogP contribution in [0.2, 0.25) is 0 Å². The molecule has 0 aromatic rings. The van der Waals surface area contributed by atoms with Crippen LogP contribution >= 0.6 is 0 Å². The summed E-state index contributed by atoms with van der Waals surface area (Å²) >= 11 is 0. The fraction of sp³-hybridized carbons (Fsp3) is 1.00. The summed E-state index contributed by atoms with van der Waals surface area (Å²) in [4.78, 5) is 0. The molecule has 3 rings (SSSR count). The van der Waals surface area contributed by atoms with Crippen LogP contribution in [0.15, 0.2) is 0 Å². The van der Waals surface area contributed by atoms with Crippen LogP contribution in [0.25, 0.3) is 0 Å². The minimum absolute atomic E-state index is 0.0395. The summed E-state index contributed by atoms with van der Waals surface area (Å²) in [5.41, 5.74) is -0.439. The van der Waals surface area contributed by atoms with Gasteiger partial charge >= 0.3 is 0 Å². The number of hydrogen-bond donors (Lipinski definition) is 2.